The van der Waals surface area contributed by atoms with Crippen LogP contribution in [-0.2, 0) is 0 Å². The summed E-state index contributed by atoms with van der Waals surface area (Å²) >= 11 is 0. The van der Waals surface area contributed by atoms with Crippen molar-refractivity contribution in [2.45, 2.75) is 0 Å². The molecule has 0 aliphatic heterocycles. The Bertz CT molecular complexity index is 7550. The highest BCUT2D eigenvalue weighted by Gasteiger charge is 2.31. The van der Waals surface area contributed by atoms with Gasteiger partial charge < -0.3 is 189 Å². The number of ketones is 8. The number of hydrogen-bond acceptors (Lipinski definition) is 45. The van der Waals surface area contributed by atoms with Crippen molar-refractivity contribution in [1.29, 1.82) is 0 Å². The smallest absolute Gasteiger partial charge is 0.205 e. The third-order valence-electron chi connectivity index (χ3n) is 20.4. The minimum Gasteiger partial charge on any atom is -0.508 e. The lowest BCUT2D eigenvalue weighted by Crippen LogP contribution is -2.03. The summed E-state index contributed by atoms with van der Waals surface area (Å²) in [6.07, 6.45) is 0. The van der Waals surface area contributed by atoms with Gasteiger partial charge in [-0.1, -0.05) is 0 Å². The maximum absolute atomic E-state index is 12.2. The zero-order valence-electron chi connectivity index (χ0n) is 75.1. The molecule has 16 rings (SSSR count). The first kappa shape index (κ1) is 110. The van der Waals surface area contributed by atoms with Crippen LogP contribution in [0, 0.1) is 0 Å². The van der Waals surface area contributed by atoms with Crippen LogP contribution in [0.3, 0.4) is 0 Å². The topological polar surface area (TPSA) is 885 Å². The Balaban J connectivity index is 0.000000189. The lowest BCUT2D eigenvalue weighted by atomic mass is 9.99. The van der Waals surface area contributed by atoms with E-state index in [1.807, 2.05) is 0 Å². The molecule has 16 aromatic carbocycles. The van der Waals surface area contributed by atoms with E-state index in [9.17, 15) is 166 Å². The van der Waals surface area contributed by atoms with Gasteiger partial charge in [-0.05, 0) is 237 Å². The summed E-state index contributed by atoms with van der Waals surface area (Å²) < 4.78 is 0. The van der Waals surface area contributed by atoms with Crippen molar-refractivity contribution >= 4 is 46.3 Å². The first-order valence-corrected chi connectivity index (χ1v) is 41.3. The van der Waals surface area contributed by atoms with Gasteiger partial charge in [0.2, 0.25) is 51.8 Å². The Morgan fingerprint density at radius 2 is 0.268 bits per heavy atom. The van der Waals surface area contributed by atoms with Crippen molar-refractivity contribution < 1.29 is 227 Å². The second kappa shape index (κ2) is 47.0. The molecule has 149 heavy (non-hydrogen) atoms. The average Bonchev–Trinajstić information content (AvgIpc) is 0.773. The molecule has 45 heteroatoms. The number of hydrogen-bond donors (Lipinski definition) is 37. The van der Waals surface area contributed by atoms with Gasteiger partial charge in [0.05, 0.1) is 44.5 Å². The van der Waals surface area contributed by atoms with Gasteiger partial charge in [-0.25, -0.2) is 0 Å². The molecule has 0 aromatic heterocycles. The number of carbonyl (C=O) groups excluding carboxylic acids is 8. The Hall–Kier alpha value is -22.5. The number of aromatic hydroxyl groups is 37. The molecule has 37 N–H and O–H groups in total. The molecule has 0 saturated carbocycles. The van der Waals surface area contributed by atoms with Crippen molar-refractivity contribution in [3.63, 3.8) is 0 Å². The summed E-state index contributed by atoms with van der Waals surface area (Å²) in [6, 6.07) is 51.9. The molecule has 0 atom stereocenters. The van der Waals surface area contributed by atoms with Crippen molar-refractivity contribution in [1.82, 2.24) is 0 Å². The van der Waals surface area contributed by atoms with E-state index in [0.717, 1.165) is 66.7 Å². The lowest BCUT2D eigenvalue weighted by molar-refractivity contribution is 0.102. The number of phenolic OH excluding ortho intramolecular Hbond substituents is 37. The van der Waals surface area contributed by atoms with Crippen LogP contribution in [0.4, 0.5) is 0 Å². The minimum absolute atomic E-state index is 0.00195. The Morgan fingerprint density at radius 3 is 0.510 bits per heavy atom. The highest BCUT2D eigenvalue weighted by atomic mass is 16.4. The standard InChI is InChI=1S/C13H10O9.C13H10O8.4C13H10O5.2C13H10O4/c14-5-1-3(8(17)12(21)10(5)19)7(16)4-2-6(15)11(20)13(22)9(4)18;14-6-2-1-4(9(17)11(6)19)8(16)5-3-7(15)12(20)13(21)10(5)18;14-8-2-3-9(11(16)6-8)13(18)7-1-4-10(15)12(17)5-7;14-7-1-3-9(11(16)5-7)13(18)10-4-2-8(15)6-12(10)17;2*14-9-3-1-7(5-11(9)16)13(18)8-2-4-10(15)12(17)6-8;14-10-4-1-8(2-5-10)13(17)9-3-6-11(15)12(16)7-9;14-9-3-1-8(2-4-9)13(17)11-6-5-10(15)7-12(11)16/h1-2,14-15,17-22H;1-3,14-15,17-21H;4*1-6,14-17H;2*1-7,14-16H. The first-order valence-electron chi connectivity index (χ1n) is 41.3. The predicted octanol–water partition coefficient (Wildman–Crippen LogP) is 12.4. The van der Waals surface area contributed by atoms with Crippen LogP contribution in [0.25, 0.3) is 0 Å². The van der Waals surface area contributed by atoms with E-state index in [1.165, 1.54) is 176 Å². The van der Waals surface area contributed by atoms with E-state index in [-0.39, 0.29) is 165 Å². The maximum atomic E-state index is 12.2. The van der Waals surface area contributed by atoms with Crippen molar-refractivity contribution in [2.75, 3.05) is 0 Å². The molecule has 0 aliphatic carbocycles. The van der Waals surface area contributed by atoms with Crippen LogP contribution in [0.5, 0.6) is 213 Å². The number of rotatable bonds is 16. The second-order valence-electron chi connectivity index (χ2n) is 30.6. The zero-order valence-corrected chi connectivity index (χ0v) is 75.1. The zero-order chi connectivity index (χ0) is 111. The lowest BCUT2D eigenvalue weighted by Gasteiger charge is -2.11. The summed E-state index contributed by atoms with van der Waals surface area (Å²) in [5, 5.41) is 344. The second-order valence-corrected chi connectivity index (χ2v) is 30.6. The number of benzene rings is 16. The van der Waals surface area contributed by atoms with Gasteiger partial charge in [0, 0.05) is 68.8 Å². The third-order valence-corrected chi connectivity index (χ3v) is 20.4. The molecule has 0 bridgehead atoms. The average molecular weight is 2050 g/mol. The largest absolute Gasteiger partial charge is 0.508 e. The molecular weight excluding hydrogens is 1970 g/mol. The van der Waals surface area contributed by atoms with Crippen molar-refractivity contribution in [2.24, 2.45) is 0 Å². The van der Waals surface area contributed by atoms with Gasteiger partial charge in [0.1, 0.15) is 57.5 Å². The van der Waals surface area contributed by atoms with E-state index in [2.05, 4.69) is 0 Å². The summed E-state index contributed by atoms with van der Waals surface area (Å²) in [5.41, 5.74) is -0.784. The van der Waals surface area contributed by atoms with Gasteiger partial charge >= 0.3 is 0 Å². The molecule has 0 unspecified atom stereocenters. The maximum Gasteiger partial charge on any atom is 0.205 e. The molecule has 0 amide bonds. The highest BCUT2D eigenvalue weighted by molar-refractivity contribution is 6.17. The van der Waals surface area contributed by atoms with Crippen molar-refractivity contribution in [3.8, 4) is 213 Å². The number of carbonyl (C=O) groups is 8. The predicted molar refractivity (Wildman–Crippen MR) is 512 cm³/mol. The quantitative estimate of drug-likeness (QED) is 0.0243. The van der Waals surface area contributed by atoms with E-state index < -0.39 is 172 Å². The van der Waals surface area contributed by atoms with Crippen LogP contribution >= 0.6 is 0 Å². The van der Waals surface area contributed by atoms with Crippen LogP contribution in [0.15, 0.2) is 261 Å². The molecule has 0 saturated heterocycles. The molecule has 0 heterocycles. The van der Waals surface area contributed by atoms with Crippen molar-refractivity contribution in [3.05, 3.63) is 350 Å². The van der Waals surface area contributed by atoms with Gasteiger partial charge in [-0.15, -0.1) is 0 Å². The highest BCUT2D eigenvalue weighted by Crippen LogP contribution is 2.51. The van der Waals surface area contributed by atoms with Crippen LogP contribution in [0.1, 0.15) is 127 Å². The Morgan fingerprint density at radius 1 is 0.101 bits per heavy atom. The SMILES string of the molecule is O=C(c1cc(O)c(O)c(O)c1O)c1cc(O)c(O)c(O)c1O.O=C(c1ccc(O)c(O)c1)c1ccc(O)c(O)c1.O=C(c1ccc(O)c(O)c1)c1ccc(O)c(O)c1.O=C(c1ccc(O)c(O)c1)c1ccc(O)cc1O.O=C(c1ccc(O)c(O)c1O)c1cc(O)c(O)c(O)c1O.O=C(c1ccc(O)cc1)c1ccc(O)c(O)c1.O=C(c1ccc(O)cc1)c1ccc(O)cc1O.O=C(c1ccc(O)cc1O)c1ccc(O)cc1O. The Kier molecular flexibility index (Phi) is 34.7. The van der Waals surface area contributed by atoms with E-state index in [0.29, 0.717) is 29.3 Å². The molecule has 0 radical (unpaired) electrons. The summed E-state index contributed by atoms with van der Waals surface area (Å²) in [5.74, 6) is -26.1. The molecule has 0 fully saturated rings. The first-order chi connectivity index (χ1) is 70.0. The Labute approximate surface area is 832 Å². The molecule has 0 aliphatic rings. The monoisotopic (exact) mass is 2050 g/mol. The molecule has 766 valence electrons. The summed E-state index contributed by atoms with van der Waals surface area (Å²) in [6.45, 7) is 0. The van der Waals surface area contributed by atoms with Crippen LogP contribution in [0.2, 0.25) is 0 Å². The van der Waals surface area contributed by atoms with Gasteiger partial charge in [-0.3, -0.25) is 38.4 Å². The minimum atomic E-state index is -1.22. The summed E-state index contributed by atoms with van der Waals surface area (Å²) in [4.78, 5) is 96.3. The van der Waals surface area contributed by atoms with Gasteiger partial charge in [-0.2, -0.15) is 0 Å². The fraction of sp³-hybridized carbons (Fsp3) is 0. The fourth-order valence-corrected chi connectivity index (χ4v) is 12.5. The van der Waals surface area contributed by atoms with E-state index in [1.54, 1.807) is 0 Å². The fourth-order valence-electron chi connectivity index (χ4n) is 12.5. The third kappa shape index (κ3) is 26.5. The van der Waals surface area contributed by atoms with Gasteiger partial charge in [0.25, 0.3) is 0 Å². The van der Waals surface area contributed by atoms with E-state index in [4.69, 9.17) is 61.3 Å². The number of phenols is 37. The normalized spacial score (nSPS) is 10.3. The molecule has 45 nitrogen and oxygen atoms in total. The van der Waals surface area contributed by atoms with Gasteiger partial charge in [0.15, 0.2) is 150 Å². The van der Waals surface area contributed by atoms with E-state index >= 15 is 0 Å². The molecular formula is C104H80O45. The molecule has 0 spiro atoms. The van der Waals surface area contributed by atoms with Crippen LogP contribution in [-0.4, -0.2) is 235 Å². The van der Waals surface area contributed by atoms with Crippen LogP contribution < -0.4 is 0 Å². The summed E-state index contributed by atoms with van der Waals surface area (Å²) in [7, 11) is 0. The molecule has 16 aromatic rings.